The molecule has 2 N–H and O–H groups in total. The first-order chi connectivity index (χ1) is 12.4. The fourth-order valence-corrected chi connectivity index (χ4v) is 3.51. The van der Waals surface area contributed by atoms with Crippen LogP contribution in [0.4, 0.5) is 0 Å². The summed E-state index contributed by atoms with van der Waals surface area (Å²) in [6.45, 7) is 5.06. The molecule has 1 saturated heterocycles. The first-order valence-corrected chi connectivity index (χ1v) is 8.93. The number of carbonyl (C=O) groups excluding carboxylic acids is 1. The summed E-state index contributed by atoms with van der Waals surface area (Å²) in [6, 6.07) is 11.0. The van der Waals surface area contributed by atoms with Gasteiger partial charge in [-0.25, -0.2) is 0 Å². The lowest BCUT2D eigenvalue weighted by Crippen LogP contribution is -2.40. The average molecular weight is 352 g/mol. The average Bonchev–Trinajstić information content (AvgIpc) is 3.10. The third-order valence-electron chi connectivity index (χ3n) is 4.81. The quantitative estimate of drug-likeness (QED) is 0.885. The van der Waals surface area contributed by atoms with Gasteiger partial charge in [0, 0.05) is 18.7 Å². The monoisotopic (exact) mass is 352 g/mol. The Morgan fingerprint density at radius 3 is 2.58 bits per heavy atom. The Hall–Kier alpha value is -2.65. The van der Waals surface area contributed by atoms with Crippen molar-refractivity contribution in [3.63, 3.8) is 0 Å². The number of benzene rings is 1. The van der Waals surface area contributed by atoms with Crippen LogP contribution in [0.3, 0.4) is 0 Å². The summed E-state index contributed by atoms with van der Waals surface area (Å²) < 4.78 is 0. The predicted octanol–water partition coefficient (Wildman–Crippen LogP) is 2.96. The number of nitriles is 1. The van der Waals surface area contributed by atoms with Crippen LogP contribution >= 0.6 is 0 Å². The van der Waals surface area contributed by atoms with Crippen molar-refractivity contribution in [2.75, 3.05) is 13.1 Å². The highest BCUT2D eigenvalue weighted by molar-refractivity contribution is 5.93. The SMILES string of the molecule is CC(C)(O)CC1CCN(C(=O)c2cc(-c3ccc(C#N)cc3)n[nH]2)CC1. The number of nitrogens with zero attached hydrogens (tertiary/aromatic N) is 3. The Labute approximate surface area is 153 Å². The highest BCUT2D eigenvalue weighted by Crippen LogP contribution is 2.27. The molecule has 0 bridgehead atoms. The van der Waals surface area contributed by atoms with E-state index in [0.29, 0.717) is 36.0 Å². The van der Waals surface area contributed by atoms with Gasteiger partial charge in [-0.2, -0.15) is 10.4 Å². The minimum Gasteiger partial charge on any atom is -0.390 e. The fraction of sp³-hybridized carbons (Fsp3) is 0.450. The van der Waals surface area contributed by atoms with Gasteiger partial charge in [-0.1, -0.05) is 12.1 Å². The summed E-state index contributed by atoms with van der Waals surface area (Å²) in [6.07, 6.45) is 2.58. The summed E-state index contributed by atoms with van der Waals surface area (Å²) in [5.41, 5.74) is 1.97. The van der Waals surface area contributed by atoms with E-state index in [9.17, 15) is 9.90 Å². The lowest BCUT2D eigenvalue weighted by molar-refractivity contribution is 0.0357. The minimum atomic E-state index is -0.657. The van der Waals surface area contributed by atoms with Crippen molar-refractivity contribution >= 4 is 5.91 Å². The van der Waals surface area contributed by atoms with Gasteiger partial charge >= 0.3 is 0 Å². The van der Waals surface area contributed by atoms with Gasteiger partial charge in [0.2, 0.25) is 0 Å². The van der Waals surface area contributed by atoms with E-state index >= 15 is 0 Å². The van der Waals surface area contributed by atoms with Crippen LogP contribution in [0.5, 0.6) is 0 Å². The second kappa shape index (κ2) is 7.30. The number of aromatic amines is 1. The molecule has 0 unspecified atom stereocenters. The van der Waals surface area contributed by atoms with Crippen LogP contribution in [0.2, 0.25) is 0 Å². The van der Waals surface area contributed by atoms with Crippen LogP contribution in [-0.2, 0) is 0 Å². The normalized spacial score (nSPS) is 15.7. The molecule has 136 valence electrons. The van der Waals surface area contributed by atoms with E-state index in [-0.39, 0.29) is 5.91 Å². The second-order valence-corrected chi connectivity index (χ2v) is 7.61. The molecular formula is C20H24N4O2. The van der Waals surface area contributed by atoms with Crippen molar-refractivity contribution < 1.29 is 9.90 Å². The molecule has 1 aromatic heterocycles. The Balaban J connectivity index is 1.63. The summed E-state index contributed by atoms with van der Waals surface area (Å²) in [5, 5.41) is 25.9. The van der Waals surface area contributed by atoms with E-state index in [2.05, 4.69) is 16.3 Å². The summed E-state index contributed by atoms with van der Waals surface area (Å²) >= 11 is 0. The van der Waals surface area contributed by atoms with E-state index in [1.54, 1.807) is 18.2 Å². The Bertz CT molecular complexity index is 804. The van der Waals surface area contributed by atoms with Gasteiger partial charge < -0.3 is 10.0 Å². The van der Waals surface area contributed by atoms with Crippen LogP contribution in [-0.4, -0.2) is 44.8 Å². The summed E-state index contributed by atoms with van der Waals surface area (Å²) in [7, 11) is 0. The highest BCUT2D eigenvalue weighted by atomic mass is 16.3. The maximum absolute atomic E-state index is 12.7. The molecule has 1 amide bonds. The molecule has 1 aromatic carbocycles. The van der Waals surface area contributed by atoms with E-state index in [1.165, 1.54) is 0 Å². The maximum atomic E-state index is 12.7. The third kappa shape index (κ3) is 4.30. The van der Waals surface area contributed by atoms with Gasteiger partial charge in [-0.3, -0.25) is 9.89 Å². The standard InChI is InChI=1S/C20H24N4O2/c1-20(2,26)12-14-7-9-24(10-8-14)19(25)18-11-17(22-23-18)16-5-3-15(13-21)4-6-16/h3-6,11,14,26H,7-10,12H2,1-2H3,(H,22,23). The molecule has 0 aliphatic carbocycles. The van der Waals surface area contributed by atoms with E-state index in [1.807, 2.05) is 30.9 Å². The van der Waals surface area contributed by atoms with Crippen molar-refractivity contribution in [2.45, 2.75) is 38.7 Å². The number of H-pyrrole nitrogens is 1. The molecule has 3 rings (SSSR count). The molecule has 26 heavy (non-hydrogen) atoms. The molecule has 2 heterocycles. The number of likely N-dealkylation sites (tertiary alicyclic amines) is 1. The molecule has 2 aromatic rings. The van der Waals surface area contributed by atoms with Gasteiger partial charge in [-0.15, -0.1) is 0 Å². The number of aliphatic hydroxyl groups is 1. The first-order valence-electron chi connectivity index (χ1n) is 8.93. The first kappa shape index (κ1) is 18.2. The molecule has 1 aliphatic heterocycles. The fourth-order valence-electron chi connectivity index (χ4n) is 3.51. The lowest BCUT2D eigenvalue weighted by Gasteiger charge is -2.34. The van der Waals surface area contributed by atoms with Crippen LogP contribution in [0, 0.1) is 17.2 Å². The van der Waals surface area contributed by atoms with Crippen LogP contribution < -0.4 is 0 Å². The van der Waals surface area contributed by atoms with Crippen LogP contribution in [0.25, 0.3) is 11.3 Å². The third-order valence-corrected chi connectivity index (χ3v) is 4.81. The Morgan fingerprint density at radius 2 is 2.00 bits per heavy atom. The molecule has 0 atom stereocenters. The van der Waals surface area contributed by atoms with Crippen molar-refractivity contribution in [1.29, 1.82) is 5.26 Å². The topological polar surface area (TPSA) is 93.0 Å². The van der Waals surface area contributed by atoms with E-state index < -0.39 is 5.60 Å². The minimum absolute atomic E-state index is 0.0425. The van der Waals surface area contributed by atoms with Gasteiger partial charge in [0.15, 0.2) is 0 Å². The Morgan fingerprint density at radius 1 is 1.35 bits per heavy atom. The molecule has 0 saturated carbocycles. The molecule has 1 fully saturated rings. The van der Waals surface area contributed by atoms with Crippen molar-refractivity contribution in [2.24, 2.45) is 5.92 Å². The second-order valence-electron chi connectivity index (χ2n) is 7.61. The van der Waals surface area contributed by atoms with E-state index in [4.69, 9.17) is 5.26 Å². The number of rotatable bonds is 4. The number of nitrogens with one attached hydrogen (secondary N) is 1. The van der Waals surface area contributed by atoms with Gasteiger partial charge in [0.1, 0.15) is 5.69 Å². The number of piperidine rings is 1. The molecule has 0 spiro atoms. The highest BCUT2D eigenvalue weighted by Gasteiger charge is 2.28. The zero-order chi connectivity index (χ0) is 18.7. The summed E-state index contributed by atoms with van der Waals surface area (Å²) in [5.74, 6) is 0.411. The molecule has 6 heteroatoms. The number of carbonyl (C=O) groups is 1. The molecular weight excluding hydrogens is 328 g/mol. The Kier molecular flexibility index (Phi) is 5.10. The van der Waals surface area contributed by atoms with Gasteiger partial charge in [0.25, 0.3) is 5.91 Å². The van der Waals surface area contributed by atoms with Crippen LogP contribution in [0.15, 0.2) is 30.3 Å². The molecule has 1 aliphatic rings. The van der Waals surface area contributed by atoms with Crippen LogP contribution in [0.1, 0.15) is 49.2 Å². The van der Waals surface area contributed by atoms with Crippen molar-refractivity contribution in [3.05, 3.63) is 41.6 Å². The van der Waals surface area contributed by atoms with Crippen molar-refractivity contribution in [1.82, 2.24) is 15.1 Å². The number of amides is 1. The largest absolute Gasteiger partial charge is 0.390 e. The molecule has 6 nitrogen and oxygen atoms in total. The zero-order valence-corrected chi connectivity index (χ0v) is 15.2. The van der Waals surface area contributed by atoms with Gasteiger partial charge in [0.05, 0.1) is 22.9 Å². The number of aromatic nitrogens is 2. The summed E-state index contributed by atoms with van der Waals surface area (Å²) in [4.78, 5) is 14.5. The smallest absolute Gasteiger partial charge is 0.271 e. The molecule has 0 radical (unpaired) electrons. The lowest BCUT2D eigenvalue weighted by atomic mass is 9.86. The number of hydrogen-bond donors (Lipinski definition) is 2. The zero-order valence-electron chi connectivity index (χ0n) is 15.2. The van der Waals surface area contributed by atoms with Crippen molar-refractivity contribution in [3.8, 4) is 17.3 Å². The maximum Gasteiger partial charge on any atom is 0.271 e. The van der Waals surface area contributed by atoms with Gasteiger partial charge in [-0.05, 0) is 57.2 Å². The predicted molar refractivity (Wildman–Crippen MR) is 98.3 cm³/mol. The van der Waals surface area contributed by atoms with E-state index in [0.717, 1.165) is 24.8 Å². The number of hydrogen-bond acceptors (Lipinski definition) is 4.